The number of rotatable bonds is 5. The first-order valence-electron chi connectivity index (χ1n) is 9.78. The van der Waals surface area contributed by atoms with E-state index in [1.807, 2.05) is 19.1 Å². The molecule has 0 aliphatic heterocycles. The highest BCUT2D eigenvalue weighted by atomic mass is 35.5. The van der Waals surface area contributed by atoms with Crippen LogP contribution in [-0.4, -0.2) is 32.5 Å². The van der Waals surface area contributed by atoms with Gasteiger partial charge >= 0.3 is 0 Å². The number of anilines is 2. The Morgan fingerprint density at radius 3 is 3.03 bits per heavy atom. The van der Waals surface area contributed by atoms with Gasteiger partial charge in [0.05, 0.1) is 29.9 Å². The third-order valence-electron chi connectivity index (χ3n) is 6.13. The molecule has 3 heterocycles. The zero-order valence-electron chi connectivity index (χ0n) is 16.6. The molecule has 2 N–H and O–H groups in total. The van der Waals surface area contributed by atoms with E-state index >= 15 is 0 Å². The third-order valence-corrected chi connectivity index (χ3v) is 7.67. The summed E-state index contributed by atoms with van der Waals surface area (Å²) in [4.78, 5) is 23.3. The van der Waals surface area contributed by atoms with Gasteiger partial charge in [0.25, 0.3) is 0 Å². The van der Waals surface area contributed by atoms with E-state index in [4.69, 9.17) is 16.3 Å². The van der Waals surface area contributed by atoms with Crippen LogP contribution >= 0.6 is 22.9 Å². The fourth-order valence-corrected chi connectivity index (χ4v) is 5.90. The monoisotopic (exact) mass is 441 g/mol. The van der Waals surface area contributed by atoms with Crippen LogP contribution in [0.3, 0.4) is 0 Å². The van der Waals surface area contributed by atoms with Crippen LogP contribution in [0, 0.1) is 5.41 Å². The van der Waals surface area contributed by atoms with Gasteiger partial charge < -0.3 is 10.1 Å². The molecular weight excluding hydrogens is 422 g/mol. The number of aromatic amines is 1. The molecule has 3 aromatic heterocycles. The molecule has 7 nitrogen and oxygen atoms in total. The number of H-pyrrole nitrogens is 1. The topological polar surface area (TPSA) is 92.8 Å². The van der Waals surface area contributed by atoms with Crippen molar-refractivity contribution in [2.75, 3.05) is 12.4 Å². The quantitative estimate of drug-likeness (QED) is 0.425. The van der Waals surface area contributed by atoms with Crippen molar-refractivity contribution in [3.8, 4) is 5.75 Å². The van der Waals surface area contributed by atoms with Crippen molar-refractivity contribution in [1.82, 2.24) is 20.2 Å². The van der Waals surface area contributed by atoms with E-state index in [-0.39, 0.29) is 5.24 Å². The van der Waals surface area contributed by atoms with E-state index in [1.165, 1.54) is 10.4 Å². The Labute approximate surface area is 181 Å². The summed E-state index contributed by atoms with van der Waals surface area (Å²) in [6, 6.07) is 3.90. The lowest BCUT2D eigenvalue weighted by molar-refractivity contribution is -0.121. The van der Waals surface area contributed by atoms with Gasteiger partial charge in [0, 0.05) is 21.7 Å². The largest absolute Gasteiger partial charge is 0.494 e. The lowest BCUT2D eigenvalue weighted by Gasteiger charge is -2.32. The number of fused-ring (bicyclic) bond motifs is 4. The van der Waals surface area contributed by atoms with Crippen molar-refractivity contribution in [1.29, 1.82) is 0 Å². The maximum absolute atomic E-state index is 12.1. The first-order valence-corrected chi connectivity index (χ1v) is 11.0. The summed E-state index contributed by atoms with van der Waals surface area (Å²) in [6.45, 7) is 2.03. The van der Waals surface area contributed by atoms with Gasteiger partial charge in [0.2, 0.25) is 5.24 Å². The molecule has 0 saturated carbocycles. The van der Waals surface area contributed by atoms with Crippen LogP contribution in [0.2, 0.25) is 0 Å². The van der Waals surface area contributed by atoms with Gasteiger partial charge in [-0.3, -0.25) is 9.89 Å². The minimum atomic E-state index is -0.480. The van der Waals surface area contributed by atoms with E-state index in [0.29, 0.717) is 12.2 Å². The summed E-state index contributed by atoms with van der Waals surface area (Å²) in [5.74, 6) is 1.43. The molecule has 154 valence electrons. The second kappa shape index (κ2) is 7.21. The van der Waals surface area contributed by atoms with Crippen LogP contribution in [0.25, 0.3) is 21.1 Å². The van der Waals surface area contributed by atoms with Crippen molar-refractivity contribution < 1.29 is 9.53 Å². The lowest BCUT2D eigenvalue weighted by atomic mass is 9.73. The Morgan fingerprint density at radius 2 is 2.27 bits per heavy atom. The summed E-state index contributed by atoms with van der Waals surface area (Å²) in [5, 5.41) is 12.2. The van der Waals surface area contributed by atoms with Crippen LogP contribution in [0.4, 0.5) is 11.5 Å². The van der Waals surface area contributed by atoms with Gasteiger partial charge in [-0.25, -0.2) is 9.97 Å². The first kappa shape index (κ1) is 19.3. The van der Waals surface area contributed by atoms with Crippen LogP contribution in [0.5, 0.6) is 5.75 Å². The average Bonchev–Trinajstić information content (AvgIpc) is 3.36. The molecule has 0 amide bonds. The fourth-order valence-electron chi connectivity index (χ4n) is 4.27. The average molecular weight is 442 g/mol. The van der Waals surface area contributed by atoms with Gasteiger partial charge in [-0.2, -0.15) is 5.10 Å². The van der Waals surface area contributed by atoms with Crippen molar-refractivity contribution in [3.63, 3.8) is 0 Å². The van der Waals surface area contributed by atoms with E-state index in [0.717, 1.165) is 51.9 Å². The third kappa shape index (κ3) is 2.94. The number of ether oxygens (including phenoxy) is 1. The molecule has 0 fully saturated rings. The van der Waals surface area contributed by atoms with Gasteiger partial charge in [-0.15, -0.1) is 11.3 Å². The zero-order valence-corrected chi connectivity index (χ0v) is 18.2. The first-order chi connectivity index (χ1) is 14.5. The number of nitrogens with zero attached hydrogens (tertiary/aromatic N) is 3. The molecule has 0 radical (unpaired) electrons. The molecule has 1 atom stereocenters. The molecule has 0 bridgehead atoms. The standard InChI is InChI=1S/C21H20ClN5O2S/c1-3-21(20(22)28)5-4-12-16(8-21)30-19-17(12)18(23-10-24-19)26-14-6-11-9-25-27-13(11)7-15(14)29-2/h6-7,9-10H,3-5,8H2,1-2H3,(H,25,27)(H,23,24,26)/t21-/m0/s1. The van der Waals surface area contributed by atoms with Gasteiger partial charge in [0.1, 0.15) is 22.7 Å². The molecule has 1 aromatic carbocycles. The van der Waals surface area contributed by atoms with Crippen LogP contribution in [-0.2, 0) is 17.6 Å². The number of carbonyl (C=O) groups excluding carboxylic acids is 1. The van der Waals surface area contributed by atoms with Crippen LogP contribution in [0.15, 0.2) is 24.7 Å². The Balaban J connectivity index is 1.60. The van der Waals surface area contributed by atoms with E-state index < -0.39 is 5.41 Å². The Morgan fingerprint density at radius 1 is 1.40 bits per heavy atom. The SMILES string of the molecule is CC[C@]1(C(=O)Cl)CCc2c(sc3ncnc(Nc4cc5cn[nH]c5cc4OC)c23)C1. The normalized spacial score (nSPS) is 18.5. The molecule has 30 heavy (non-hydrogen) atoms. The summed E-state index contributed by atoms with van der Waals surface area (Å²) >= 11 is 7.62. The number of hydrogen-bond acceptors (Lipinski definition) is 7. The molecule has 5 rings (SSSR count). The van der Waals surface area contributed by atoms with E-state index in [2.05, 4.69) is 25.5 Å². The van der Waals surface area contributed by atoms with Gasteiger partial charge in [0.15, 0.2) is 0 Å². The van der Waals surface area contributed by atoms with Crippen molar-refractivity contribution in [2.24, 2.45) is 5.41 Å². The highest BCUT2D eigenvalue weighted by Gasteiger charge is 2.40. The predicted molar refractivity (Wildman–Crippen MR) is 119 cm³/mol. The van der Waals surface area contributed by atoms with Crippen molar-refractivity contribution >= 4 is 60.8 Å². The minimum Gasteiger partial charge on any atom is -0.494 e. The molecule has 1 aliphatic carbocycles. The van der Waals surface area contributed by atoms with Crippen LogP contribution in [0.1, 0.15) is 30.2 Å². The summed E-state index contributed by atoms with van der Waals surface area (Å²) in [6.07, 6.45) is 6.25. The predicted octanol–water partition coefficient (Wildman–Crippen LogP) is 4.97. The number of aromatic nitrogens is 4. The van der Waals surface area contributed by atoms with E-state index in [9.17, 15) is 4.79 Å². The number of nitrogens with one attached hydrogen (secondary N) is 2. The number of benzene rings is 1. The number of methoxy groups -OCH3 is 1. The summed E-state index contributed by atoms with van der Waals surface area (Å²) < 4.78 is 5.57. The molecular formula is C21H20ClN5O2S. The number of thiophene rings is 1. The Kier molecular flexibility index (Phi) is 4.63. The highest BCUT2D eigenvalue weighted by Crippen LogP contribution is 2.47. The zero-order chi connectivity index (χ0) is 20.9. The molecule has 0 unspecified atom stereocenters. The summed E-state index contributed by atoms with van der Waals surface area (Å²) in [7, 11) is 1.64. The molecule has 4 aromatic rings. The number of halogens is 1. The number of hydrogen-bond donors (Lipinski definition) is 2. The van der Waals surface area contributed by atoms with Crippen LogP contribution < -0.4 is 10.1 Å². The minimum absolute atomic E-state index is 0.240. The van der Waals surface area contributed by atoms with Crippen molar-refractivity contribution in [2.45, 2.75) is 32.6 Å². The molecule has 0 spiro atoms. The Hall–Kier alpha value is -2.71. The lowest BCUT2D eigenvalue weighted by Crippen LogP contribution is -2.33. The second-order valence-electron chi connectivity index (χ2n) is 7.63. The Bertz CT molecular complexity index is 1280. The van der Waals surface area contributed by atoms with Crippen molar-refractivity contribution in [3.05, 3.63) is 35.1 Å². The van der Waals surface area contributed by atoms with Gasteiger partial charge in [-0.05, 0) is 48.9 Å². The van der Waals surface area contributed by atoms with Gasteiger partial charge in [-0.1, -0.05) is 6.92 Å². The summed E-state index contributed by atoms with van der Waals surface area (Å²) in [5.41, 5.74) is 2.44. The number of aryl methyl sites for hydroxylation is 1. The maximum Gasteiger partial charge on any atom is 0.228 e. The highest BCUT2D eigenvalue weighted by molar-refractivity contribution is 7.19. The number of carbonyl (C=O) groups is 1. The molecule has 0 saturated heterocycles. The maximum atomic E-state index is 12.1. The molecule has 9 heteroatoms. The smallest absolute Gasteiger partial charge is 0.228 e. The molecule has 1 aliphatic rings. The second-order valence-corrected chi connectivity index (χ2v) is 9.05. The fraction of sp³-hybridized carbons (Fsp3) is 0.333. The van der Waals surface area contributed by atoms with E-state index in [1.54, 1.807) is 31.0 Å².